The van der Waals surface area contributed by atoms with Crippen molar-refractivity contribution in [2.75, 3.05) is 0 Å². The summed E-state index contributed by atoms with van der Waals surface area (Å²) in [4.78, 5) is 4.20. The topological polar surface area (TPSA) is 22.1 Å². The van der Waals surface area contributed by atoms with Gasteiger partial charge < -0.3 is 4.74 Å². The molecule has 0 amide bonds. The lowest BCUT2D eigenvalue weighted by Crippen LogP contribution is -2.12. The maximum Gasteiger partial charge on any atom is 0.213 e. The molecule has 2 nitrogen and oxygen atoms in total. The van der Waals surface area contributed by atoms with Gasteiger partial charge in [0.2, 0.25) is 5.88 Å². The van der Waals surface area contributed by atoms with Gasteiger partial charge in [0.25, 0.3) is 0 Å². The molecule has 0 N–H and O–H groups in total. The summed E-state index contributed by atoms with van der Waals surface area (Å²) in [5.41, 5.74) is 0. The van der Waals surface area contributed by atoms with Crippen molar-refractivity contribution in [1.29, 1.82) is 0 Å². The van der Waals surface area contributed by atoms with Crippen molar-refractivity contribution in [3.63, 3.8) is 0 Å². The third-order valence-electron chi connectivity index (χ3n) is 3.45. The van der Waals surface area contributed by atoms with E-state index in [1.54, 1.807) is 6.20 Å². The zero-order chi connectivity index (χ0) is 10.7. The number of pyridine rings is 1. The predicted octanol–water partition coefficient (Wildman–Crippen LogP) is 3.92. The summed E-state index contributed by atoms with van der Waals surface area (Å²) < 4.78 is 5.87. The summed E-state index contributed by atoms with van der Waals surface area (Å²) in [6, 6.07) is 5.82. The van der Waals surface area contributed by atoms with Gasteiger partial charge in [0, 0.05) is 12.3 Å². The highest BCUT2D eigenvalue weighted by Gasteiger charge is 2.31. The number of ether oxygens (including phenoxy) is 1. The summed E-state index contributed by atoms with van der Waals surface area (Å²) in [5.74, 6) is 2.40. The van der Waals surface area contributed by atoms with Crippen LogP contribution in [0.3, 0.4) is 0 Å². The minimum atomic E-state index is 0. The van der Waals surface area contributed by atoms with Crippen molar-refractivity contribution in [2.24, 2.45) is 11.8 Å². The first-order valence-corrected chi connectivity index (χ1v) is 5.87. The first kappa shape index (κ1) is 13.0. The molecule has 1 fully saturated rings. The Morgan fingerprint density at radius 1 is 1.38 bits per heavy atom. The molecule has 0 spiro atoms. The Labute approximate surface area is 99.0 Å². The highest BCUT2D eigenvalue weighted by Crippen LogP contribution is 2.35. The molecule has 0 bridgehead atoms. The Bertz CT molecular complexity index is 299. The molecule has 1 saturated carbocycles. The van der Waals surface area contributed by atoms with E-state index < -0.39 is 0 Å². The smallest absolute Gasteiger partial charge is 0.213 e. The quantitative estimate of drug-likeness (QED) is 0.771. The van der Waals surface area contributed by atoms with Gasteiger partial charge in [0.1, 0.15) is 6.10 Å². The first-order chi connectivity index (χ1) is 7.29. The van der Waals surface area contributed by atoms with Crippen LogP contribution in [0.4, 0.5) is 0 Å². The van der Waals surface area contributed by atoms with Gasteiger partial charge in [-0.15, -0.1) is 0 Å². The van der Waals surface area contributed by atoms with Crippen LogP contribution in [-0.4, -0.2) is 11.1 Å². The van der Waals surface area contributed by atoms with Crippen molar-refractivity contribution < 1.29 is 4.74 Å². The molecule has 2 rings (SSSR count). The summed E-state index contributed by atoms with van der Waals surface area (Å²) in [6.45, 7) is 4.60. The third-order valence-corrected chi connectivity index (χ3v) is 3.45. The van der Waals surface area contributed by atoms with Crippen LogP contribution >= 0.6 is 0 Å². The van der Waals surface area contributed by atoms with Gasteiger partial charge in [0.05, 0.1) is 0 Å². The van der Waals surface area contributed by atoms with Gasteiger partial charge in [-0.05, 0) is 30.7 Å². The zero-order valence-electron chi connectivity index (χ0n) is 9.52. The fourth-order valence-corrected chi connectivity index (χ4v) is 2.53. The van der Waals surface area contributed by atoms with Gasteiger partial charge in [-0.3, -0.25) is 0 Å². The second kappa shape index (κ2) is 5.88. The molecule has 90 valence electrons. The maximum absolute atomic E-state index is 5.87. The van der Waals surface area contributed by atoms with Crippen LogP contribution in [0.25, 0.3) is 0 Å². The zero-order valence-corrected chi connectivity index (χ0v) is 9.52. The minimum Gasteiger partial charge on any atom is -0.474 e. The highest BCUT2D eigenvalue weighted by atomic mass is 16.5. The summed E-state index contributed by atoms with van der Waals surface area (Å²) in [5, 5.41) is 0. The van der Waals surface area contributed by atoms with E-state index in [9.17, 15) is 0 Å². The summed E-state index contributed by atoms with van der Waals surface area (Å²) in [6.07, 6.45) is 5.79. The van der Waals surface area contributed by atoms with E-state index in [1.807, 2.05) is 18.2 Å². The molecule has 0 radical (unpaired) electrons. The number of nitrogens with zero attached hydrogens (tertiary/aromatic N) is 1. The Morgan fingerprint density at radius 3 is 2.75 bits per heavy atom. The van der Waals surface area contributed by atoms with Gasteiger partial charge in [-0.2, -0.15) is 0 Å². The maximum atomic E-state index is 5.87. The standard InChI is InChI=1S/C13H19NO.CH4/c1-3-11-9-12(8-10(11)2)15-13-6-4-5-7-14-13;/h4-7,10-12H,3,8-9H2,1-2H3;1H4/t10-,11-,12-;/m0./s1. The molecule has 1 aliphatic carbocycles. The fraction of sp³-hybridized carbons (Fsp3) is 0.643. The molecule has 1 aromatic rings. The Balaban J connectivity index is 0.00000128. The molecule has 1 aliphatic rings. The summed E-state index contributed by atoms with van der Waals surface area (Å²) in [7, 11) is 0. The highest BCUT2D eigenvalue weighted by molar-refractivity contribution is 5.10. The average molecular weight is 221 g/mol. The fourth-order valence-electron chi connectivity index (χ4n) is 2.53. The Kier molecular flexibility index (Phi) is 4.78. The largest absolute Gasteiger partial charge is 0.474 e. The lowest BCUT2D eigenvalue weighted by atomic mass is 9.96. The molecule has 16 heavy (non-hydrogen) atoms. The van der Waals surface area contributed by atoms with Crippen molar-refractivity contribution in [3.05, 3.63) is 24.4 Å². The lowest BCUT2D eigenvalue weighted by molar-refractivity contribution is 0.194. The van der Waals surface area contributed by atoms with Crippen LogP contribution in [-0.2, 0) is 0 Å². The van der Waals surface area contributed by atoms with Crippen molar-refractivity contribution in [3.8, 4) is 5.88 Å². The first-order valence-electron chi connectivity index (χ1n) is 5.87. The molecule has 0 aliphatic heterocycles. The SMILES string of the molecule is C.CC[C@H]1C[C@@H](Oc2ccccn2)C[C@@H]1C. The van der Waals surface area contributed by atoms with Crippen LogP contribution in [0, 0.1) is 11.8 Å². The van der Waals surface area contributed by atoms with Crippen molar-refractivity contribution in [1.82, 2.24) is 4.98 Å². The van der Waals surface area contributed by atoms with E-state index in [1.165, 1.54) is 19.3 Å². The van der Waals surface area contributed by atoms with Crippen LogP contribution < -0.4 is 4.74 Å². The van der Waals surface area contributed by atoms with Crippen LogP contribution in [0.2, 0.25) is 0 Å². The van der Waals surface area contributed by atoms with Gasteiger partial charge >= 0.3 is 0 Å². The third kappa shape index (κ3) is 2.97. The monoisotopic (exact) mass is 221 g/mol. The van der Waals surface area contributed by atoms with Gasteiger partial charge in [-0.25, -0.2) is 4.98 Å². The number of rotatable bonds is 3. The molecular formula is C14H23NO. The van der Waals surface area contributed by atoms with Crippen LogP contribution in [0.5, 0.6) is 5.88 Å². The Morgan fingerprint density at radius 2 is 2.19 bits per heavy atom. The van der Waals surface area contributed by atoms with Gasteiger partial charge in [-0.1, -0.05) is 33.8 Å². The molecule has 1 aromatic heterocycles. The molecule has 1 heterocycles. The molecule has 0 saturated heterocycles. The molecule has 0 unspecified atom stereocenters. The van der Waals surface area contributed by atoms with Crippen molar-refractivity contribution >= 4 is 0 Å². The second-order valence-corrected chi connectivity index (χ2v) is 4.52. The average Bonchev–Trinajstić information content (AvgIpc) is 2.60. The predicted molar refractivity (Wildman–Crippen MR) is 67.6 cm³/mol. The Hall–Kier alpha value is -1.05. The van der Waals surface area contributed by atoms with E-state index in [0.717, 1.165) is 17.7 Å². The minimum absolute atomic E-state index is 0. The number of aromatic nitrogens is 1. The summed E-state index contributed by atoms with van der Waals surface area (Å²) >= 11 is 0. The van der Waals surface area contributed by atoms with Crippen molar-refractivity contribution in [2.45, 2.75) is 46.6 Å². The molecule has 0 aromatic carbocycles. The van der Waals surface area contributed by atoms with E-state index in [0.29, 0.717) is 6.10 Å². The van der Waals surface area contributed by atoms with E-state index in [4.69, 9.17) is 4.74 Å². The van der Waals surface area contributed by atoms with Crippen LogP contribution in [0.15, 0.2) is 24.4 Å². The molecule has 3 atom stereocenters. The number of hydrogen-bond acceptors (Lipinski definition) is 2. The van der Waals surface area contributed by atoms with Gasteiger partial charge in [0.15, 0.2) is 0 Å². The van der Waals surface area contributed by atoms with Crippen LogP contribution in [0.1, 0.15) is 40.5 Å². The lowest BCUT2D eigenvalue weighted by Gasteiger charge is -2.12. The number of hydrogen-bond donors (Lipinski definition) is 0. The molecular weight excluding hydrogens is 198 g/mol. The van der Waals surface area contributed by atoms with E-state index in [2.05, 4.69) is 18.8 Å². The van der Waals surface area contributed by atoms with E-state index in [-0.39, 0.29) is 7.43 Å². The molecule has 2 heteroatoms. The van der Waals surface area contributed by atoms with E-state index >= 15 is 0 Å². The normalized spacial score (nSPS) is 28.5. The second-order valence-electron chi connectivity index (χ2n) is 4.52.